The van der Waals surface area contributed by atoms with Crippen LogP contribution in [0, 0.1) is 0 Å². The van der Waals surface area contributed by atoms with Gasteiger partial charge in [-0.25, -0.2) is 9.80 Å². The molecule has 3 heterocycles. The van der Waals surface area contributed by atoms with E-state index in [2.05, 4.69) is 10.1 Å². The van der Waals surface area contributed by atoms with E-state index in [-0.39, 0.29) is 23.8 Å². The summed E-state index contributed by atoms with van der Waals surface area (Å²) in [6, 6.07) is 9.85. The first-order valence-corrected chi connectivity index (χ1v) is 9.63. The van der Waals surface area contributed by atoms with Crippen molar-refractivity contribution in [3.8, 4) is 0 Å². The van der Waals surface area contributed by atoms with Gasteiger partial charge in [-0.05, 0) is 26.3 Å². The molecule has 0 amide bonds. The number of anilines is 1. The molecule has 1 aliphatic rings. The summed E-state index contributed by atoms with van der Waals surface area (Å²) in [6.07, 6.45) is 3.73. The molecule has 0 saturated carbocycles. The maximum atomic E-state index is 13.3. The summed E-state index contributed by atoms with van der Waals surface area (Å²) in [7, 11) is 1.65. The van der Waals surface area contributed by atoms with Gasteiger partial charge in [-0.1, -0.05) is 42.5 Å². The zero-order valence-electron chi connectivity index (χ0n) is 17.0. The fourth-order valence-electron chi connectivity index (χ4n) is 3.54. The molecule has 1 aliphatic heterocycles. The maximum Gasteiger partial charge on any atom is 0.332 e. The largest absolute Gasteiger partial charge is 0.332 e. The van der Waals surface area contributed by atoms with Crippen LogP contribution in [0.4, 0.5) is 5.95 Å². The van der Waals surface area contributed by atoms with E-state index in [1.165, 1.54) is 9.13 Å². The van der Waals surface area contributed by atoms with Gasteiger partial charge >= 0.3 is 5.69 Å². The SMILES string of the molecule is CC1=NN(C(C)C)c2nc3c(c(=O)n(CC=Cc4ccccc4)c(=O)n3C)n2C1. The summed E-state index contributed by atoms with van der Waals surface area (Å²) in [5.74, 6) is 0.588. The summed E-state index contributed by atoms with van der Waals surface area (Å²) < 4.78 is 4.54. The highest BCUT2D eigenvalue weighted by Crippen LogP contribution is 2.25. The van der Waals surface area contributed by atoms with E-state index < -0.39 is 0 Å². The fourth-order valence-corrected chi connectivity index (χ4v) is 3.54. The van der Waals surface area contributed by atoms with Crippen LogP contribution in [0.15, 0.2) is 51.1 Å². The number of imidazole rings is 1. The van der Waals surface area contributed by atoms with E-state index in [9.17, 15) is 9.59 Å². The lowest BCUT2D eigenvalue weighted by Gasteiger charge is -2.27. The first-order valence-electron chi connectivity index (χ1n) is 9.63. The first kappa shape index (κ1) is 18.9. The minimum Gasteiger partial charge on any atom is -0.297 e. The number of allylic oxidation sites excluding steroid dienone is 1. The standard InChI is InChI=1S/C21H24N6O2/c1-14(2)27-20-22-18-17(26(20)13-15(3)23-27)19(28)25(21(29)24(18)4)12-8-11-16-9-6-5-7-10-16/h5-11,14H,12-13H2,1-4H3. The number of hydrazone groups is 1. The molecule has 0 N–H and O–H groups in total. The molecule has 0 radical (unpaired) electrons. The molecule has 1 aromatic carbocycles. The third-order valence-corrected chi connectivity index (χ3v) is 4.97. The second kappa shape index (κ2) is 7.20. The molecule has 0 aliphatic carbocycles. The van der Waals surface area contributed by atoms with Crippen molar-refractivity contribution < 1.29 is 0 Å². The van der Waals surface area contributed by atoms with Crippen molar-refractivity contribution >= 4 is 28.9 Å². The number of nitrogens with zero attached hydrogens (tertiary/aromatic N) is 6. The van der Waals surface area contributed by atoms with E-state index in [1.54, 1.807) is 12.1 Å². The first-order chi connectivity index (χ1) is 13.9. The van der Waals surface area contributed by atoms with Gasteiger partial charge in [-0.3, -0.25) is 18.5 Å². The number of aryl methyl sites for hydroxylation is 1. The third kappa shape index (κ3) is 3.20. The highest BCUT2D eigenvalue weighted by atomic mass is 16.2. The van der Waals surface area contributed by atoms with Crippen LogP contribution >= 0.6 is 0 Å². The molecule has 8 nitrogen and oxygen atoms in total. The minimum absolute atomic E-state index is 0.0777. The second-order valence-electron chi connectivity index (χ2n) is 7.51. The van der Waals surface area contributed by atoms with Gasteiger partial charge < -0.3 is 0 Å². The Labute approximate surface area is 168 Å². The van der Waals surface area contributed by atoms with Gasteiger partial charge in [0.15, 0.2) is 11.2 Å². The molecule has 0 unspecified atom stereocenters. The second-order valence-corrected chi connectivity index (χ2v) is 7.51. The van der Waals surface area contributed by atoms with Gasteiger partial charge in [0.1, 0.15) is 0 Å². The van der Waals surface area contributed by atoms with Gasteiger partial charge in [0.25, 0.3) is 5.56 Å². The number of aromatic nitrogens is 4. The zero-order valence-corrected chi connectivity index (χ0v) is 17.0. The average Bonchev–Trinajstić information content (AvgIpc) is 3.08. The Kier molecular flexibility index (Phi) is 4.70. The van der Waals surface area contributed by atoms with Crippen LogP contribution in [0.2, 0.25) is 0 Å². The van der Waals surface area contributed by atoms with Crippen LogP contribution < -0.4 is 16.3 Å². The van der Waals surface area contributed by atoms with E-state index >= 15 is 0 Å². The van der Waals surface area contributed by atoms with Crippen molar-refractivity contribution in [1.29, 1.82) is 0 Å². The predicted molar refractivity (Wildman–Crippen MR) is 115 cm³/mol. The van der Waals surface area contributed by atoms with Crippen molar-refractivity contribution in [2.75, 3.05) is 5.01 Å². The Morgan fingerprint density at radius 1 is 1.17 bits per heavy atom. The molecule has 0 spiro atoms. The van der Waals surface area contributed by atoms with Crippen LogP contribution in [0.1, 0.15) is 26.3 Å². The lowest BCUT2D eigenvalue weighted by molar-refractivity contribution is 0.642. The third-order valence-electron chi connectivity index (χ3n) is 4.97. The van der Waals surface area contributed by atoms with Crippen molar-refractivity contribution in [2.24, 2.45) is 12.1 Å². The zero-order chi connectivity index (χ0) is 20.7. The molecule has 0 fully saturated rings. The highest BCUT2D eigenvalue weighted by Gasteiger charge is 2.27. The van der Waals surface area contributed by atoms with Gasteiger partial charge in [-0.2, -0.15) is 10.1 Å². The van der Waals surface area contributed by atoms with Crippen molar-refractivity contribution in [1.82, 2.24) is 18.7 Å². The molecule has 0 bridgehead atoms. The number of hydrogen-bond acceptors (Lipinski definition) is 5. The van der Waals surface area contributed by atoms with Gasteiger partial charge in [0.2, 0.25) is 5.95 Å². The van der Waals surface area contributed by atoms with Crippen molar-refractivity contribution in [3.05, 3.63) is 62.8 Å². The molecule has 4 rings (SSSR count). The molecular weight excluding hydrogens is 368 g/mol. The smallest absolute Gasteiger partial charge is 0.297 e. The maximum absolute atomic E-state index is 13.3. The summed E-state index contributed by atoms with van der Waals surface area (Å²) in [5, 5.41) is 6.36. The molecule has 8 heteroatoms. The Balaban J connectivity index is 1.84. The van der Waals surface area contributed by atoms with Crippen LogP contribution in [0.25, 0.3) is 17.2 Å². The van der Waals surface area contributed by atoms with Gasteiger partial charge in [-0.15, -0.1) is 0 Å². The summed E-state index contributed by atoms with van der Waals surface area (Å²) in [6.45, 7) is 6.61. The molecule has 0 atom stereocenters. The number of hydrogen-bond donors (Lipinski definition) is 0. The Bertz CT molecular complexity index is 1240. The fraction of sp³-hybridized carbons (Fsp3) is 0.333. The molecule has 150 valence electrons. The molecule has 3 aromatic rings. The highest BCUT2D eigenvalue weighted by molar-refractivity contribution is 5.87. The quantitative estimate of drug-likeness (QED) is 0.682. The summed E-state index contributed by atoms with van der Waals surface area (Å²) >= 11 is 0. The molecular formula is C21H24N6O2. The lowest BCUT2D eigenvalue weighted by atomic mass is 10.2. The average molecular weight is 392 g/mol. The molecule has 2 aromatic heterocycles. The number of benzene rings is 1. The van der Waals surface area contributed by atoms with E-state index in [0.717, 1.165) is 11.3 Å². The minimum atomic E-state index is -0.385. The number of rotatable bonds is 4. The molecule has 29 heavy (non-hydrogen) atoms. The van der Waals surface area contributed by atoms with Crippen LogP contribution in [-0.2, 0) is 20.1 Å². The van der Waals surface area contributed by atoms with E-state index in [4.69, 9.17) is 0 Å². The summed E-state index contributed by atoms with van der Waals surface area (Å²) in [4.78, 5) is 30.7. The van der Waals surface area contributed by atoms with Crippen molar-refractivity contribution in [3.63, 3.8) is 0 Å². The van der Waals surface area contributed by atoms with E-state index in [0.29, 0.717) is 23.7 Å². The Hall–Kier alpha value is -3.42. The monoisotopic (exact) mass is 392 g/mol. The van der Waals surface area contributed by atoms with E-state index in [1.807, 2.05) is 67.8 Å². The summed E-state index contributed by atoms with van der Waals surface area (Å²) in [5.41, 5.74) is 1.99. The van der Waals surface area contributed by atoms with Gasteiger partial charge in [0, 0.05) is 13.6 Å². The Morgan fingerprint density at radius 3 is 2.59 bits per heavy atom. The van der Waals surface area contributed by atoms with Crippen LogP contribution in [0.5, 0.6) is 0 Å². The van der Waals surface area contributed by atoms with Crippen LogP contribution in [-0.4, -0.2) is 30.4 Å². The van der Waals surface area contributed by atoms with Gasteiger partial charge in [0.05, 0.1) is 18.3 Å². The Morgan fingerprint density at radius 2 is 1.90 bits per heavy atom. The lowest BCUT2D eigenvalue weighted by Crippen LogP contribution is -2.40. The van der Waals surface area contributed by atoms with Crippen molar-refractivity contribution in [2.45, 2.75) is 39.9 Å². The topological polar surface area (TPSA) is 77.4 Å². The predicted octanol–water partition coefficient (Wildman–Crippen LogP) is 2.21. The number of fused-ring (bicyclic) bond motifs is 3. The molecule has 0 saturated heterocycles. The van der Waals surface area contributed by atoms with Crippen LogP contribution in [0.3, 0.4) is 0 Å². The normalized spacial score (nSPS) is 14.1.